The summed E-state index contributed by atoms with van der Waals surface area (Å²) in [5.74, 6) is 0. The molecule has 0 aliphatic carbocycles. The van der Waals surface area contributed by atoms with Gasteiger partial charge in [-0.2, -0.15) is 0 Å². The molecule has 0 heterocycles. The molecule has 0 aromatic carbocycles. The Bertz CT molecular complexity index is 401. The average Bonchev–Trinajstić information content (AvgIpc) is 2.58. The van der Waals surface area contributed by atoms with Crippen molar-refractivity contribution in [1.82, 2.24) is 0 Å². The summed E-state index contributed by atoms with van der Waals surface area (Å²) in [6.07, 6.45) is 16.6. The van der Waals surface area contributed by atoms with Gasteiger partial charge in [0.05, 0.1) is 11.4 Å². The maximum Gasteiger partial charge on any atom is 1.00 e. The van der Waals surface area contributed by atoms with Crippen molar-refractivity contribution in [2.75, 3.05) is 0 Å². The summed E-state index contributed by atoms with van der Waals surface area (Å²) in [7, 11) is -4.42. The first kappa shape index (κ1) is 30.1. The van der Waals surface area contributed by atoms with Crippen molar-refractivity contribution in [3.05, 3.63) is 0 Å². The van der Waals surface area contributed by atoms with Crippen LogP contribution in [-0.2, 0) is 10.1 Å². The molecule has 27 heavy (non-hydrogen) atoms. The molecule has 0 saturated carbocycles. The zero-order valence-corrected chi connectivity index (χ0v) is 21.1. The van der Waals surface area contributed by atoms with Crippen LogP contribution in [0.15, 0.2) is 0 Å². The number of rotatable bonds is 19. The third-order valence-electron chi connectivity index (χ3n) is 5.25. The number of hydrogen-bond acceptors (Lipinski definition) is 4. The molecule has 1 N–H and O–H groups in total. The van der Waals surface area contributed by atoms with E-state index in [-0.39, 0.29) is 29.6 Å². The molecular formula is C21H43NaO4S. The molecule has 2 atom stereocenters. The zero-order valence-electron chi connectivity index (χ0n) is 18.3. The second-order valence-corrected chi connectivity index (χ2v) is 9.36. The van der Waals surface area contributed by atoms with Gasteiger partial charge in [-0.05, 0) is 12.8 Å². The van der Waals surface area contributed by atoms with Crippen molar-refractivity contribution in [2.24, 2.45) is 0 Å². The van der Waals surface area contributed by atoms with Crippen molar-refractivity contribution in [3.63, 3.8) is 0 Å². The molecule has 0 aliphatic heterocycles. The fraction of sp³-hybridized carbons (Fsp3) is 1.00. The van der Waals surface area contributed by atoms with Gasteiger partial charge in [-0.3, -0.25) is 0 Å². The van der Waals surface area contributed by atoms with Gasteiger partial charge in [0, 0.05) is 0 Å². The third-order valence-corrected chi connectivity index (χ3v) is 6.54. The average molecular weight is 415 g/mol. The van der Waals surface area contributed by atoms with Gasteiger partial charge in [0.25, 0.3) is 0 Å². The van der Waals surface area contributed by atoms with E-state index in [0.717, 1.165) is 51.4 Å². The molecule has 6 heteroatoms. The number of aliphatic hydroxyl groups is 1. The van der Waals surface area contributed by atoms with Crippen molar-refractivity contribution < 1.29 is 47.6 Å². The monoisotopic (exact) mass is 414 g/mol. The van der Waals surface area contributed by atoms with Crippen LogP contribution in [-0.4, -0.2) is 29.4 Å². The van der Waals surface area contributed by atoms with Crippen LogP contribution in [0.4, 0.5) is 0 Å². The molecule has 0 radical (unpaired) electrons. The Hall–Kier alpha value is 0.870. The largest absolute Gasteiger partial charge is 1.00 e. The van der Waals surface area contributed by atoms with Gasteiger partial charge in [0.15, 0.2) is 0 Å². The van der Waals surface area contributed by atoms with Gasteiger partial charge in [0.2, 0.25) is 0 Å². The van der Waals surface area contributed by atoms with E-state index >= 15 is 0 Å². The summed E-state index contributed by atoms with van der Waals surface area (Å²) in [5.41, 5.74) is 0. The molecule has 0 amide bonds. The van der Waals surface area contributed by atoms with E-state index in [2.05, 4.69) is 13.8 Å². The summed E-state index contributed by atoms with van der Waals surface area (Å²) >= 11 is 0. The Balaban J connectivity index is 0. The fourth-order valence-electron chi connectivity index (χ4n) is 3.50. The van der Waals surface area contributed by atoms with E-state index < -0.39 is 21.5 Å². The smallest absolute Gasteiger partial charge is 0.748 e. The molecule has 0 aromatic rings. The van der Waals surface area contributed by atoms with Gasteiger partial charge in [-0.1, -0.05) is 110 Å². The molecule has 4 nitrogen and oxygen atoms in total. The van der Waals surface area contributed by atoms with Crippen molar-refractivity contribution >= 4 is 10.1 Å². The molecule has 0 bridgehead atoms. The Labute approximate surface area is 191 Å². The topological polar surface area (TPSA) is 77.4 Å². The Kier molecular flexibility index (Phi) is 22.4. The molecule has 0 aliphatic rings. The van der Waals surface area contributed by atoms with Crippen LogP contribution >= 0.6 is 0 Å². The van der Waals surface area contributed by atoms with Gasteiger partial charge in [-0.25, -0.2) is 8.42 Å². The first-order chi connectivity index (χ1) is 12.4. The Morgan fingerprint density at radius 2 is 1.00 bits per heavy atom. The Morgan fingerprint density at radius 3 is 1.37 bits per heavy atom. The van der Waals surface area contributed by atoms with Crippen LogP contribution in [0.25, 0.3) is 0 Å². The van der Waals surface area contributed by atoms with Crippen LogP contribution in [0.2, 0.25) is 0 Å². The van der Waals surface area contributed by atoms with Crippen molar-refractivity contribution in [1.29, 1.82) is 0 Å². The normalized spacial score (nSPS) is 13.9. The molecule has 2 unspecified atom stereocenters. The van der Waals surface area contributed by atoms with Crippen LogP contribution in [0.1, 0.15) is 123 Å². The van der Waals surface area contributed by atoms with Crippen LogP contribution in [0.5, 0.6) is 0 Å². The summed E-state index contributed by atoms with van der Waals surface area (Å²) in [6.45, 7) is 4.36. The molecule has 0 spiro atoms. The molecule has 0 fully saturated rings. The molecule has 158 valence electrons. The van der Waals surface area contributed by atoms with Gasteiger partial charge in [0.1, 0.15) is 10.1 Å². The standard InChI is InChI=1S/C21H44O4S.Na/c1-3-5-7-9-10-11-12-13-15-17-19-21(26(23,24)25)20(22)18-16-14-8-6-4-2;/h20-22H,3-19H2,1-2H3,(H,23,24,25);/q;+1/p-1. The fourth-order valence-corrected chi connectivity index (χ4v) is 4.48. The molecular weight excluding hydrogens is 371 g/mol. The maximum atomic E-state index is 11.5. The second-order valence-electron chi connectivity index (χ2n) is 7.77. The van der Waals surface area contributed by atoms with E-state index in [9.17, 15) is 18.1 Å². The minimum absolute atomic E-state index is 0. The summed E-state index contributed by atoms with van der Waals surface area (Å²) < 4.78 is 34.5. The number of aliphatic hydroxyl groups excluding tert-OH is 1. The predicted octanol–water partition coefficient (Wildman–Crippen LogP) is 2.94. The van der Waals surface area contributed by atoms with Crippen LogP contribution < -0.4 is 29.6 Å². The number of unbranched alkanes of at least 4 members (excludes halogenated alkanes) is 13. The van der Waals surface area contributed by atoms with Crippen molar-refractivity contribution in [2.45, 2.75) is 134 Å². The van der Waals surface area contributed by atoms with E-state index in [1.54, 1.807) is 0 Å². The predicted molar refractivity (Wildman–Crippen MR) is 109 cm³/mol. The van der Waals surface area contributed by atoms with E-state index in [0.29, 0.717) is 12.8 Å². The minimum Gasteiger partial charge on any atom is -0.748 e. The quantitative estimate of drug-likeness (QED) is 0.200. The molecule has 0 saturated heterocycles. The van der Waals surface area contributed by atoms with Crippen LogP contribution in [0.3, 0.4) is 0 Å². The molecule has 0 rings (SSSR count). The summed E-state index contributed by atoms with van der Waals surface area (Å²) in [6, 6.07) is 0. The summed E-state index contributed by atoms with van der Waals surface area (Å²) in [4.78, 5) is 0. The zero-order chi connectivity index (χ0) is 19.7. The van der Waals surface area contributed by atoms with E-state index in [1.165, 1.54) is 44.9 Å². The molecule has 0 aromatic heterocycles. The van der Waals surface area contributed by atoms with E-state index in [1.807, 2.05) is 0 Å². The first-order valence-electron chi connectivity index (χ1n) is 11.1. The first-order valence-corrected chi connectivity index (χ1v) is 12.5. The van der Waals surface area contributed by atoms with Gasteiger partial charge in [-0.15, -0.1) is 0 Å². The maximum absolute atomic E-state index is 11.5. The second kappa shape index (κ2) is 20.2. The minimum atomic E-state index is -4.42. The van der Waals surface area contributed by atoms with Gasteiger partial charge >= 0.3 is 29.6 Å². The third kappa shape index (κ3) is 18.6. The SMILES string of the molecule is CCCCCCCCCCCCC(C(O)CCCCCCC)S(=O)(=O)[O-].[Na+]. The van der Waals surface area contributed by atoms with Gasteiger partial charge < -0.3 is 9.66 Å². The van der Waals surface area contributed by atoms with Crippen LogP contribution in [0, 0.1) is 0 Å². The Morgan fingerprint density at radius 1 is 0.667 bits per heavy atom. The number of hydrogen-bond donors (Lipinski definition) is 1. The summed E-state index contributed by atoms with van der Waals surface area (Å²) in [5, 5.41) is 9.04. The van der Waals surface area contributed by atoms with E-state index in [4.69, 9.17) is 0 Å². The van der Waals surface area contributed by atoms with Crippen molar-refractivity contribution in [3.8, 4) is 0 Å².